The van der Waals surface area contributed by atoms with Gasteiger partial charge in [-0.1, -0.05) is 27.7 Å². The minimum atomic E-state index is -0.0371. The summed E-state index contributed by atoms with van der Waals surface area (Å²) < 4.78 is 4.81. The molecular weight excluding hydrogens is 164 g/mol. The highest BCUT2D eigenvalue weighted by Crippen LogP contribution is 2.49. The van der Waals surface area contributed by atoms with Crippen molar-refractivity contribution in [2.45, 2.75) is 34.1 Å². The number of rotatable bonds is 1. The molecule has 0 radical (unpaired) electrons. The van der Waals surface area contributed by atoms with Gasteiger partial charge in [0.25, 0.3) is 0 Å². The molecule has 1 aliphatic rings. The van der Waals surface area contributed by atoms with Crippen LogP contribution in [0.1, 0.15) is 34.1 Å². The largest absolute Gasteiger partial charge is 0.469 e. The maximum Gasteiger partial charge on any atom is 0.308 e. The van der Waals surface area contributed by atoms with E-state index in [9.17, 15) is 4.79 Å². The van der Waals surface area contributed by atoms with Crippen molar-refractivity contribution in [3.8, 4) is 0 Å². The van der Waals surface area contributed by atoms with Gasteiger partial charge in [-0.15, -0.1) is 0 Å². The van der Waals surface area contributed by atoms with Gasteiger partial charge in [0, 0.05) is 0 Å². The van der Waals surface area contributed by atoms with Gasteiger partial charge in [0.15, 0.2) is 0 Å². The molecule has 2 nitrogen and oxygen atoms in total. The normalized spacial score (nSPS) is 37.5. The minimum Gasteiger partial charge on any atom is -0.469 e. The first-order valence-electron chi connectivity index (χ1n) is 4.98. The van der Waals surface area contributed by atoms with Crippen LogP contribution in [0.3, 0.4) is 0 Å². The van der Waals surface area contributed by atoms with Crippen LogP contribution in [0, 0.1) is 23.2 Å². The Bertz CT molecular complexity index is 208. The second kappa shape index (κ2) is 3.32. The van der Waals surface area contributed by atoms with E-state index < -0.39 is 0 Å². The van der Waals surface area contributed by atoms with Gasteiger partial charge in [0.1, 0.15) is 0 Å². The Kier molecular flexibility index (Phi) is 2.69. The standard InChI is InChI=1S/C11H20O2/c1-7-8(2)11(3,4)6-9(7)10(12)13-5/h7-9H,6H2,1-5H3/t7-,8+,9-/m0/s1. The van der Waals surface area contributed by atoms with E-state index in [1.807, 2.05) is 0 Å². The third-order valence-electron chi connectivity index (χ3n) is 3.91. The summed E-state index contributed by atoms with van der Waals surface area (Å²) in [4.78, 5) is 11.4. The van der Waals surface area contributed by atoms with Gasteiger partial charge in [-0.05, 0) is 23.7 Å². The number of methoxy groups -OCH3 is 1. The zero-order valence-electron chi connectivity index (χ0n) is 9.26. The zero-order chi connectivity index (χ0) is 10.2. The predicted molar refractivity (Wildman–Crippen MR) is 52.2 cm³/mol. The fourth-order valence-corrected chi connectivity index (χ4v) is 2.45. The van der Waals surface area contributed by atoms with Crippen molar-refractivity contribution in [1.29, 1.82) is 0 Å². The molecule has 13 heavy (non-hydrogen) atoms. The molecule has 0 unspecified atom stereocenters. The maximum atomic E-state index is 11.4. The second-order valence-corrected chi connectivity index (χ2v) is 4.97. The topological polar surface area (TPSA) is 26.3 Å². The second-order valence-electron chi connectivity index (χ2n) is 4.97. The summed E-state index contributed by atoms with van der Waals surface area (Å²) in [6.07, 6.45) is 0.960. The van der Waals surface area contributed by atoms with Crippen LogP contribution < -0.4 is 0 Å². The Morgan fingerprint density at radius 2 is 1.92 bits per heavy atom. The zero-order valence-corrected chi connectivity index (χ0v) is 9.26. The summed E-state index contributed by atoms with van der Waals surface area (Å²) in [5.41, 5.74) is 0.276. The summed E-state index contributed by atoms with van der Waals surface area (Å²) in [7, 11) is 1.48. The molecule has 0 aromatic rings. The quantitative estimate of drug-likeness (QED) is 0.585. The molecule has 0 aliphatic heterocycles. The van der Waals surface area contributed by atoms with Crippen LogP contribution in [-0.2, 0) is 9.53 Å². The van der Waals surface area contributed by atoms with Crippen molar-refractivity contribution in [3.63, 3.8) is 0 Å². The Hall–Kier alpha value is -0.530. The molecule has 2 heteroatoms. The number of hydrogen-bond donors (Lipinski definition) is 0. The molecule has 1 saturated carbocycles. The van der Waals surface area contributed by atoms with E-state index in [0.29, 0.717) is 11.8 Å². The van der Waals surface area contributed by atoms with E-state index in [-0.39, 0.29) is 17.3 Å². The number of esters is 1. The molecule has 0 heterocycles. The highest BCUT2D eigenvalue weighted by Gasteiger charge is 2.46. The van der Waals surface area contributed by atoms with E-state index in [2.05, 4.69) is 27.7 Å². The van der Waals surface area contributed by atoms with Crippen molar-refractivity contribution in [2.75, 3.05) is 7.11 Å². The lowest BCUT2D eigenvalue weighted by Crippen LogP contribution is -2.20. The molecule has 0 bridgehead atoms. The average molecular weight is 184 g/mol. The fraction of sp³-hybridized carbons (Fsp3) is 0.909. The van der Waals surface area contributed by atoms with Gasteiger partial charge in [-0.2, -0.15) is 0 Å². The van der Waals surface area contributed by atoms with Crippen molar-refractivity contribution >= 4 is 5.97 Å². The monoisotopic (exact) mass is 184 g/mol. The first-order valence-corrected chi connectivity index (χ1v) is 4.98. The molecule has 0 N–H and O–H groups in total. The highest BCUT2D eigenvalue weighted by atomic mass is 16.5. The van der Waals surface area contributed by atoms with Gasteiger partial charge < -0.3 is 4.74 Å². The van der Waals surface area contributed by atoms with Gasteiger partial charge >= 0.3 is 5.97 Å². The molecule has 0 spiro atoms. The third kappa shape index (κ3) is 1.72. The molecule has 0 aromatic carbocycles. The molecule has 0 aromatic heterocycles. The van der Waals surface area contributed by atoms with E-state index in [4.69, 9.17) is 4.74 Å². The third-order valence-corrected chi connectivity index (χ3v) is 3.91. The molecule has 1 rings (SSSR count). The molecule has 1 fully saturated rings. The molecular formula is C11H20O2. The highest BCUT2D eigenvalue weighted by molar-refractivity contribution is 5.73. The number of hydrogen-bond acceptors (Lipinski definition) is 2. The lowest BCUT2D eigenvalue weighted by atomic mass is 9.81. The summed E-state index contributed by atoms with van der Waals surface area (Å²) in [6, 6.07) is 0. The maximum absolute atomic E-state index is 11.4. The Morgan fingerprint density at radius 3 is 2.23 bits per heavy atom. The Balaban J connectivity index is 2.78. The summed E-state index contributed by atoms with van der Waals surface area (Å²) in [6.45, 7) is 8.85. The van der Waals surface area contributed by atoms with Gasteiger partial charge in [0.05, 0.1) is 13.0 Å². The van der Waals surface area contributed by atoms with Crippen LogP contribution in [0.25, 0.3) is 0 Å². The van der Waals surface area contributed by atoms with E-state index in [1.54, 1.807) is 0 Å². The van der Waals surface area contributed by atoms with E-state index in [1.165, 1.54) is 7.11 Å². The van der Waals surface area contributed by atoms with Gasteiger partial charge in [0.2, 0.25) is 0 Å². The Labute approximate surface area is 80.7 Å². The fourth-order valence-electron chi connectivity index (χ4n) is 2.45. The molecule has 0 amide bonds. The van der Waals surface area contributed by atoms with Crippen LogP contribution in [0.4, 0.5) is 0 Å². The Morgan fingerprint density at radius 1 is 1.38 bits per heavy atom. The number of ether oxygens (including phenoxy) is 1. The van der Waals surface area contributed by atoms with Crippen LogP contribution in [-0.4, -0.2) is 13.1 Å². The number of carbonyl (C=O) groups is 1. The van der Waals surface area contributed by atoms with Crippen LogP contribution in [0.5, 0.6) is 0 Å². The minimum absolute atomic E-state index is 0.0371. The summed E-state index contributed by atoms with van der Waals surface area (Å²) in [5, 5.41) is 0. The van der Waals surface area contributed by atoms with Crippen LogP contribution >= 0.6 is 0 Å². The molecule has 0 saturated heterocycles. The van der Waals surface area contributed by atoms with Crippen molar-refractivity contribution in [2.24, 2.45) is 23.2 Å². The predicted octanol–water partition coefficient (Wildman–Crippen LogP) is 2.48. The molecule has 3 atom stereocenters. The van der Waals surface area contributed by atoms with Crippen molar-refractivity contribution < 1.29 is 9.53 Å². The first kappa shape index (κ1) is 10.6. The van der Waals surface area contributed by atoms with Crippen molar-refractivity contribution in [1.82, 2.24) is 0 Å². The lowest BCUT2D eigenvalue weighted by molar-refractivity contribution is -0.146. The summed E-state index contributed by atoms with van der Waals surface area (Å²) in [5.74, 6) is 1.11. The smallest absolute Gasteiger partial charge is 0.308 e. The van der Waals surface area contributed by atoms with Gasteiger partial charge in [-0.25, -0.2) is 0 Å². The van der Waals surface area contributed by atoms with E-state index in [0.717, 1.165) is 6.42 Å². The van der Waals surface area contributed by atoms with Crippen LogP contribution in [0.2, 0.25) is 0 Å². The van der Waals surface area contributed by atoms with Gasteiger partial charge in [-0.3, -0.25) is 4.79 Å². The summed E-state index contributed by atoms with van der Waals surface area (Å²) >= 11 is 0. The van der Waals surface area contributed by atoms with E-state index >= 15 is 0 Å². The van der Waals surface area contributed by atoms with Crippen LogP contribution in [0.15, 0.2) is 0 Å². The average Bonchev–Trinajstić information content (AvgIpc) is 2.28. The lowest BCUT2D eigenvalue weighted by Gasteiger charge is -2.24. The van der Waals surface area contributed by atoms with Crippen molar-refractivity contribution in [3.05, 3.63) is 0 Å². The molecule has 1 aliphatic carbocycles. The molecule has 76 valence electrons. The SMILES string of the molecule is COC(=O)[C@H]1CC(C)(C)[C@H](C)[C@@H]1C. The number of carbonyl (C=O) groups excluding carboxylic acids is 1. The first-order chi connectivity index (χ1) is 5.90.